The Hall–Kier alpha value is -8.23. The fraction of sp³-hybridized carbons (Fsp3) is 0.817. The van der Waals surface area contributed by atoms with Gasteiger partial charge in [0.1, 0.15) is 43.8 Å². The van der Waals surface area contributed by atoms with Crippen LogP contribution < -0.4 is 27.0 Å². The van der Waals surface area contributed by atoms with Crippen LogP contribution in [0, 0.1) is 29.1 Å². The summed E-state index contributed by atoms with van der Waals surface area (Å²) in [6, 6.07) is -0.847. The van der Waals surface area contributed by atoms with Gasteiger partial charge in [0.2, 0.25) is 23.6 Å². The van der Waals surface area contributed by atoms with Crippen LogP contribution in [-0.4, -0.2) is 267 Å². The highest BCUT2D eigenvalue weighted by atomic mass is 16.5. The van der Waals surface area contributed by atoms with Gasteiger partial charge in [0.15, 0.2) is 23.1 Å². The molecule has 0 spiro atoms. The molecule has 1 aromatic heterocycles. The van der Waals surface area contributed by atoms with E-state index < -0.39 is 65.0 Å². The first kappa shape index (κ1) is 130. The number of ether oxygens (including phenoxy) is 8. The molecule has 0 unspecified atom stereocenters. The minimum atomic E-state index is -1.10. The van der Waals surface area contributed by atoms with Crippen LogP contribution in [0.3, 0.4) is 0 Å². The molecule has 36 heteroatoms. The van der Waals surface area contributed by atoms with Crippen LogP contribution in [0.1, 0.15) is 379 Å². The number of hydrogen-bond acceptors (Lipinski definition) is 26. The number of ketones is 7. The van der Waals surface area contributed by atoms with Crippen molar-refractivity contribution < 1.29 is 140 Å². The zero-order valence-electron chi connectivity index (χ0n) is 85.0. The van der Waals surface area contributed by atoms with Crippen LogP contribution in [-0.2, 0) is 121 Å². The third kappa shape index (κ3) is 81.2. The quantitative estimate of drug-likeness (QED) is 0.0270. The van der Waals surface area contributed by atoms with E-state index in [1.165, 1.54) is 122 Å². The van der Waals surface area contributed by atoms with Crippen LogP contribution in [0.15, 0.2) is 12.5 Å². The summed E-state index contributed by atoms with van der Waals surface area (Å²) in [7, 11) is 0. The highest BCUT2D eigenvalue weighted by molar-refractivity contribution is 5.93. The van der Waals surface area contributed by atoms with Crippen molar-refractivity contribution in [3.05, 3.63) is 18.2 Å². The molecule has 4 amide bonds. The summed E-state index contributed by atoms with van der Waals surface area (Å²) in [6.45, 7) is 5.28. The first-order valence-electron chi connectivity index (χ1n) is 52.7. The first-order valence-corrected chi connectivity index (χ1v) is 52.7. The van der Waals surface area contributed by atoms with Gasteiger partial charge >= 0.3 is 29.8 Å². The zero-order valence-corrected chi connectivity index (χ0v) is 85.0. The number of imidazole rings is 1. The average molecular weight is 1990 g/mol. The molecule has 0 fully saturated rings. The van der Waals surface area contributed by atoms with Gasteiger partial charge in [-0.25, -0.2) is 4.98 Å². The van der Waals surface area contributed by atoms with E-state index in [-0.39, 0.29) is 299 Å². The van der Waals surface area contributed by atoms with Gasteiger partial charge in [0, 0.05) is 153 Å². The number of carbonyl (C=O) groups is 16. The summed E-state index contributed by atoms with van der Waals surface area (Å²) in [5, 5.41) is 58.0. The van der Waals surface area contributed by atoms with E-state index >= 15 is 0 Å². The monoisotopic (exact) mass is 1990 g/mol. The van der Waals surface area contributed by atoms with Gasteiger partial charge < -0.3 is 95.4 Å². The Morgan fingerprint density at radius 3 is 1.01 bits per heavy atom. The molecule has 1 heterocycles. The predicted octanol–water partition coefficient (Wildman–Crippen LogP) is 14.6. The lowest BCUT2D eigenvalue weighted by Gasteiger charge is -2.24. The molecule has 0 bridgehead atoms. The number of hydrogen-bond donors (Lipinski definition) is 11. The van der Waals surface area contributed by atoms with Gasteiger partial charge in [-0.05, 0) is 83.5 Å². The lowest BCUT2D eigenvalue weighted by atomic mass is 9.78. The number of Topliss-reactive ketones (excluding diaryl/α,β-unsaturated/α-hetero) is 7. The molecule has 1 aromatic rings. The van der Waals surface area contributed by atoms with Crippen molar-refractivity contribution in [3.63, 3.8) is 0 Å². The van der Waals surface area contributed by atoms with E-state index in [9.17, 15) is 92.0 Å². The highest BCUT2D eigenvalue weighted by Crippen LogP contribution is 2.29. The average Bonchev–Trinajstić information content (AvgIpc) is 1.05. The normalized spacial score (nSPS) is 12.6. The van der Waals surface area contributed by atoms with E-state index in [0.29, 0.717) is 63.5 Å². The molecule has 804 valence electrons. The van der Waals surface area contributed by atoms with Gasteiger partial charge in [0.25, 0.3) is 0 Å². The van der Waals surface area contributed by atoms with Gasteiger partial charge in [-0.2, -0.15) is 0 Å². The molecule has 0 aliphatic carbocycles. The number of aromatic amines is 1. The molecule has 1 rings (SSSR count). The lowest BCUT2D eigenvalue weighted by molar-refractivity contribution is -0.144. The molecule has 12 N–H and O–H groups in total. The Balaban J connectivity index is 2.38. The lowest BCUT2D eigenvalue weighted by Crippen LogP contribution is -2.38. The maximum absolute atomic E-state index is 13.7. The molecule has 36 nitrogen and oxygen atoms in total. The maximum atomic E-state index is 13.7. The van der Waals surface area contributed by atoms with E-state index in [4.69, 9.17) is 53.8 Å². The van der Waals surface area contributed by atoms with Gasteiger partial charge in [-0.15, -0.1) is 0 Å². The number of H-pyrrole nitrogens is 1. The minimum absolute atomic E-state index is 0.0377. The van der Waals surface area contributed by atoms with Crippen molar-refractivity contribution in [2.45, 2.75) is 386 Å². The zero-order chi connectivity index (χ0) is 103. The molecule has 5 atom stereocenters. The number of carbonyl (C=O) groups excluding carboxylic acids is 11. The number of amides is 4. The van der Waals surface area contributed by atoms with Crippen LogP contribution in [0.5, 0.6) is 0 Å². The van der Waals surface area contributed by atoms with E-state index in [0.717, 1.165) is 89.9 Å². The second-order valence-electron chi connectivity index (χ2n) is 37.9. The molecular weight excluding hydrogens is 1810 g/mol. The Morgan fingerprint density at radius 1 is 0.314 bits per heavy atom. The fourth-order valence-corrected chi connectivity index (χ4v) is 16.1. The highest BCUT2D eigenvalue weighted by Gasteiger charge is 2.34. The van der Waals surface area contributed by atoms with E-state index in [2.05, 4.69) is 31.2 Å². The van der Waals surface area contributed by atoms with Crippen molar-refractivity contribution in [1.82, 2.24) is 31.2 Å². The van der Waals surface area contributed by atoms with Crippen LogP contribution in [0.2, 0.25) is 0 Å². The van der Waals surface area contributed by atoms with Crippen LogP contribution in [0.4, 0.5) is 0 Å². The summed E-state index contributed by atoms with van der Waals surface area (Å²) in [6.07, 6.45) is 42.9. The number of nitrogens with two attached hydrogens (primary N) is 1. The number of carboxylic acids is 5. The number of nitrogens with one attached hydrogen (secondary N) is 5. The number of aliphatic carboxylic acids is 5. The van der Waals surface area contributed by atoms with E-state index in [1.807, 2.05) is 0 Å². The van der Waals surface area contributed by atoms with Crippen molar-refractivity contribution >= 4 is 94.0 Å². The molecule has 0 radical (unpaired) electrons. The summed E-state index contributed by atoms with van der Waals surface area (Å²) >= 11 is 0. The summed E-state index contributed by atoms with van der Waals surface area (Å²) < 4.78 is 44.1. The third-order valence-corrected chi connectivity index (χ3v) is 24.7. The van der Waals surface area contributed by atoms with Gasteiger partial charge in [0.05, 0.1) is 96.2 Å². The Labute approximate surface area is 832 Å². The van der Waals surface area contributed by atoms with Crippen molar-refractivity contribution in [2.75, 3.05) is 132 Å². The summed E-state index contributed by atoms with van der Waals surface area (Å²) in [4.78, 5) is 205. The standard InChI is InChI=1S/C104H179N7O29/c1-104(2,75-93(117)92(105)74-86-76-106-81-111-86)94(118)52-49-82(101(127)128)41-35-38-56-110-100(126)83(71-91(116)79-139-67-63-133-59-39-45-89(114)77-137-68-65-135-61-57-108-95(119)53-50-84(102(129)130)72-87(112)43-31-27-23-19-15-11-7-3-5-9-13-17-21-25-29-33-47-98(122)123)42-36-37-55-107-97(121)80-140-70-64-134-60-40-46-90(115)78-138-69-66-136-62-58-109-96(120)54-51-85(103(131)132)73-88(113)44-32-28-24-20-16-12-8-4-6-10-14-18-22-26-30-34-48-99(124)125/h76,81-85,92H,3-75,77-80,105H2,1-2H3,(H,106,111)(H,107,121)(H,108,119)(H,109,120)(H,110,126)(H,122,123)(H,124,125)(H,127,128)(H,129,130)(H,131,132)/t82-,83-,84-,85-,92+/m1/s1. The summed E-state index contributed by atoms with van der Waals surface area (Å²) in [5.41, 5.74) is 5.74. The molecule has 0 aromatic carbocycles. The summed E-state index contributed by atoms with van der Waals surface area (Å²) in [5.74, 6) is -11.0. The number of rotatable bonds is 107. The second kappa shape index (κ2) is 89.6. The molecule has 0 aliphatic heterocycles. The topological polar surface area (TPSA) is 551 Å². The van der Waals surface area contributed by atoms with Crippen molar-refractivity contribution in [2.24, 2.45) is 34.8 Å². The SMILES string of the molecule is CC(C)(CC(=O)[C@@H](N)Cc1cnc[nH]1)C(=O)CC[C@@H](CCCCNC(=O)[C@H](CCCCNC(=O)COCCOCCCC(=O)COCCOCCNC(=O)CC[C@H](CC(=O)CCCCCCCCCCCCCCCCCCC(=O)O)C(=O)O)CC(=O)COCCOCCCC(=O)COCCOCCNC(=O)CC[C@H](CC(=O)CCCCCCCCCCCCCCCCCCC(=O)O)C(=O)O)C(=O)O. The van der Waals surface area contributed by atoms with Crippen LogP contribution >= 0.6 is 0 Å². The van der Waals surface area contributed by atoms with Crippen molar-refractivity contribution in [1.29, 1.82) is 0 Å². The number of aromatic nitrogens is 2. The smallest absolute Gasteiger partial charge is 0.306 e. The third-order valence-electron chi connectivity index (χ3n) is 24.7. The molecule has 0 saturated carbocycles. The Kier molecular flexibility index (Phi) is 83.1. The fourth-order valence-electron chi connectivity index (χ4n) is 16.1. The molecular formula is C104H179N7O29. The molecule has 0 aliphatic rings. The number of carboxylic acid groups (broad SMARTS) is 5. The molecule has 140 heavy (non-hydrogen) atoms. The minimum Gasteiger partial charge on any atom is -0.481 e. The Morgan fingerprint density at radius 2 is 0.636 bits per heavy atom. The first-order chi connectivity index (χ1) is 67.5. The van der Waals surface area contributed by atoms with Crippen LogP contribution in [0.25, 0.3) is 0 Å². The number of nitrogens with zero attached hydrogens (tertiary/aromatic N) is 1. The van der Waals surface area contributed by atoms with Gasteiger partial charge in [-0.1, -0.05) is 206 Å². The largest absolute Gasteiger partial charge is 0.481 e. The second-order valence-corrected chi connectivity index (χ2v) is 37.9. The van der Waals surface area contributed by atoms with Crippen molar-refractivity contribution in [3.8, 4) is 0 Å². The maximum Gasteiger partial charge on any atom is 0.306 e. The predicted molar refractivity (Wildman–Crippen MR) is 528 cm³/mol. The van der Waals surface area contributed by atoms with Gasteiger partial charge in [-0.3, -0.25) is 76.7 Å². The van der Waals surface area contributed by atoms with E-state index in [1.54, 1.807) is 20.0 Å². The molecule has 0 saturated heterocycles. The Bertz CT molecular complexity index is 3510. The number of unbranched alkanes of at least 4 members (excludes halogenated alkanes) is 32.